The van der Waals surface area contributed by atoms with Crippen LogP contribution >= 0.6 is 0 Å². The largest absolute Gasteiger partial charge is 0.456 e. The fourth-order valence-electron chi connectivity index (χ4n) is 3.73. The van der Waals surface area contributed by atoms with E-state index in [2.05, 4.69) is 30.8 Å². The molecular weight excluding hydrogens is 394 g/mol. The van der Waals surface area contributed by atoms with Crippen molar-refractivity contribution in [1.29, 1.82) is 0 Å². The average Bonchev–Trinajstić information content (AvgIpc) is 3.22. The number of hydrogen-bond acceptors (Lipinski definition) is 4. The maximum Gasteiger partial charge on any atom is 0.164 e. The van der Waals surface area contributed by atoms with Crippen LogP contribution in [0.1, 0.15) is 18.3 Å². The van der Waals surface area contributed by atoms with E-state index in [0.717, 1.165) is 49.8 Å². The summed E-state index contributed by atoms with van der Waals surface area (Å²) in [5, 5.41) is 2.02. The molecule has 0 fully saturated rings. The summed E-state index contributed by atoms with van der Waals surface area (Å²) in [4.78, 5) is 14.2. The molecule has 5 aromatic rings. The van der Waals surface area contributed by atoms with Gasteiger partial charge in [0.05, 0.1) is 0 Å². The van der Waals surface area contributed by atoms with Gasteiger partial charge in [0, 0.05) is 21.9 Å². The summed E-state index contributed by atoms with van der Waals surface area (Å²) in [6.45, 7) is 13.7. The zero-order valence-corrected chi connectivity index (χ0v) is 17.8. The maximum atomic E-state index is 6.05. The number of para-hydroxylation sites is 1. The van der Waals surface area contributed by atoms with Crippen LogP contribution in [-0.4, -0.2) is 15.0 Å². The second kappa shape index (κ2) is 7.75. The van der Waals surface area contributed by atoms with Crippen molar-refractivity contribution in [3.8, 4) is 22.8 Å². The van der Waals surface area contributed by atoms with Gasteiger partial charge in [-0.1, -0.05) is 80.4 Å². The van der Waals surface area contributed by atoms with Crippen LogP contribution in [0.4, 0.5) is 0 Å². The van der Waals surface area contributed by atoms with Crippen LogP contribution in [0.2, 0.25) is 0 Å². The van der Waals surface area contributed by atoms with Crippen molar-refractivity contribution < 1.29 is 4.42 Å². The quantitative estimate of drug-likeness (QED) is 0.282. The molecule has 0 aliphatic rings. The van der Waals surface area contributed by atoms with E-state index in [4.69, 9.17) is 14.4 Å². The number of aromatic nitrogens is 3. The highest BCUT2D eigenvalue weighted by Gasteiger charge is 2.17. The highest BCUT2D eigenvalue weighted by atomic mass is 16.3. The molecule has 0 unspecified atom stereocenters. The summed E-state index contributed by atoms with van der Waals surface area (Å²) < 4.78 is 6.05. The normalized spacial score (nSPS) is 11.0. The molecule has 0 aliphatic carbocycles. The number of allylic oxidation sites excluding steroid dienone is 3. The SMILES string of the molecule is C=CC(=C)c1ccc(-c2nc(C(=C)C)nc(-c3cccc4oc5ccccc5c34)n2)cc1. The van der Waals surface area contributed by atoms with Crippen molar-refractivity contribution in [2.24, 2.45) is 0 Å². The molecule has 4 nitrogen and oxygen atoms in total. The first-order chi connectivity index (χ1) is 15.5. The minimum atomic E-state index is 0.564. The second-order valence-electron chi connectivity index (χ2n) is 7.67. The molecule has 0 spiro atoms. The fourth-order valence-corrected chi connectivity index (χ4v) is 3.73. The number of hydrogen-bond donors (Lipinski definition) is 0. The minimum Gasteiger partial charge on any atom is -0.456 e. The standard InChI is InChI=1S/C28H21N3O/c1-5-18(4)19-13-15-20(16-14-19)27-29-26(17(2)3)30-28(31-27)22-10-8-12-24-25(22)21-9-6-7-11-23(21)32-24/h5-16H,1-2,4H2,3H3. The smallest absolute Gasteiger partial charge is 0.164 e. The minimum absolute atomic E-state index is 0.564. The first-order valence-electron chi connectivity index (χ1n) is 10.3. The van der Waals surface area contributed by atoms with Crippen molar-refractivity contribution in [2.45, 2.75) is 6.92 Å². The highest BCUT2D eigenvalue weighted by molar-refractivity contribution is 6.11. The average molecular weight is 415 g/mol. The lowest BCUT2D eigenvalue weighted by Gasteiger charge is -2.09. The second-order valence-corrected chi connectivity index (χ2v) is 7.67. The topological polar surface area (TPSA) is 51.8 Å². The van der Waals surface area contributed by atoms with Gasteiger partial charge in [-0.15, -0.1) is 0 Å². The van der Waals surface area contributed by atoms with Gasteiger partial charge in [0.1, 0.15) is 11.2 Å². The number of fused-ring (bicyclic) bond motifs is 3. The van der Waals surface area contributed by atoms with E-state index < -0.39 is 0 Å². The molecule has 0 radical (unpaired) electrons. The van der Waals surface area contributed by atoms with Gasteiger partial charge in [-0.3, -0.25) is 0 Å². The third-order valence-electron chi connectivity index (χ3n) is 5.42. The molecule has 0 amide bonds. The van der Waals surface area contributed by atoms with Crippen molar-refractivity contribution >= 4 is 33.1 Å². The molecule has 0 saturated carbocycles. The van der Waals surface area contributed by atoms with Gasteiger partial charge in [0.2, 0.25) is 0 Å². The van der Waals surface area contributed by atoms with Crippen LogP contribution in [0, 0.1) is 0 Å². The molecule has 5 rings (SSSR count). The molecule has 32 heavy (non-hydrogen) atoms. The van der Waals surface area contributed by atoms with Gasteiger partial charge in [0.15, 0.2) is 17.5 Å². The van der Waals surface area contributed by atoms with E-state index >= 15 is 0 Å². The van der Waals surface area contributed by atoms with Crippen LogP contribution in [0.5, 0.6) is 0 Å². The summed E-state index contributed by atoms with van der Waals surface area (Å²) in [6.07, 6.45) is 1.74. The summed E-state index contributed by atoms with van der Waals surface area (Å²) in [5.74, 6) is 1.74. The Morgan fingerprint density at radius 1 is 0.812 bits per heavy atom. The van der Waals surface area contributed by atoms with Gasteiger partial charge < -0.3 is 4.42 Å². The molecule has 154 valence electrons. The predicted molar refractivity (Wildman–Crippen MR) is 132 cm³/mol. The Bertz CT molecular complexity index is 1520. The zero-order valence-electron chi connectivity index (χ0n) is 17.8. The van der Waals surface area contributed by atoms with Crippen molar-refractivity contribution in [3.63, 3.8) is 0 Å². The monoisotopic (exact) mass is 415 g/mol. The van der Waals surface area contributed by atoms with Gasteiger partial charge >= 0.3 is 0 Å². The van der Waals surface area contributed by atoms with E-state index in [9.17, 15) is 0 Å². The Kier molecular flexibility index (Phi) is 4.75. The first kappa shape index (κ1) is 19.6. The van der Waals surface area contributed by atoms with Crippen LogP contribution in [0.15, 0.2) is 97.0 Å². The highest BCUT2D eigenvalue weighted by Crippen LogP contribution is 2.36. The number of nitrogens with zero attached hydrogens (tertiary/aromatic N) is 3. The molecule has 0 saturated heterocycles. The molecule has 2 heterocycles. The Hall–Kier alpha value is -4.31. The van der Waals surface area contributed by atoms with E-state index in [1.807, 2.05) is 67.6 Å². The number of furan rings is 1. The molecule has 0 bridgehead atoms. The Morgan fingerprint density at radius 2 is 1.53 bits per heavy atom. The van der Waals surface area contributed by atoms with Gasteiger partial charge in [-0.2, -0.15) is 0 Å². The van der Waals surface area contributed by atoms with E-state index in [-0.39, 0.29) is 0 Å². The van der Waals surface area contributed by atoms with Gasteiger partial charge in [-0.25, -0.2) is 15.0 Å². The molecule has 0 atom stereocenters. The van der Waals surface area contributed by atoms with Crippen LogP contribution in [0.3, 0.4) is 0 Å². The fraction of sp³-hybridized carbons (Fsp3) is 0.0357. The summed E-state index contributed by atoms with van der Waals surface area (Å²) in [7, 11) is 0. The van der Waals surface area contributed by atoms with Crippen molar-refractivity contribution in [2.75, 3.05) is 0 Å². The third kappa shape index (κ3) is 3.32. The van der Waals surface area contributed by atoms with E-state index in [1.165, 1.54) is 0 Å². The lowest BCUT2D eigenvalue weighted by Crippen LogP contribution is -2.01. The van der Waals surface area contributed by atoms with E-state index in [0.29, 0.717) is 17.5 Å². The summed E-state index contributed by atoms with van der Waals surface area (Å²) >= 11 is 0. The molecule has 0 aliphatic heterocycles. The lowest BCUT2D eigenvalue weighted by molar-refractivity contribution is 0.669. The summed E-state index contributed by atoms with van der Waals surface area (Å²) in [5.41, 5.74) is 6.08. The Morgan fingerprint density at radius 3 is 2.28 bits per heavy atom. The van der Waals surface area contributed by atoms with Crippen molar-refractivity contribution in [3.05, 3.63) is 104 Å². The van der Waals surface area contributed by atoms with Crippen LogP contribution in [0.25, 0.3) is 55.9 Å². The lowest BCUT2D eigenvalue weighted by atomic mass is 10.0. The molecule has 0 N–H and O–H groups in total. The van der Waals surface area contributed by atoms with Crippen molar-refractivity contribution in [1.82, 2.24) is 15.0 Å². The first-order valence-corrected chi connectivity index (χ1v) is 10.3. The van der Waals surface area contributed by atoms with Gasteiger partial charge in [-0.05, 0) is 35.8 Å². The maximum absolute atomic E-state index is 6.05. The molecule has 4 heteroatoms. The Balaban J connectivity index is 1.72. The molecular formula is C28H21N3O. The number of benzene rings is 3. The zero-order chi connectivity index (χ0) is 22.2. The molecule has 2 aromatic heterocycles. The molecule has 3 aromatic carbocycles. The number of rotatable bonds is 5. The van der Waals surface area contributed by atoms with Gasteiger partial charge in [0.25, 0.3) is 0 Å². The van der Waals surface area contributed by atoms with E-state index in [1.54, 1.807) is 6.08 Å². The third-order valence-corrected chi connectivity index (χ3v) is 5.42. The Labute approximate surface area is 186 Å². The van der Waals surface area contributed by atoms with Crippen LogP contribution in [-0.2, 0) is 0 Å². The van der Waals surface area contributed by atoms with Crippen LogP contribution < -0.4 is 0 Å². The predicted octanol–water partition coefficient (Wildman–Crippen LogP) is 7.34. The summed E-state index contributed by atoms with van der Waals surface area (Å²) in [6, 6.07) is 21.9.